The van der Waals surface area contributed by atoms with Crippen molar-refractivity contribution in [3.63, 3.8) is 0 Å². The third kappa shape index (κ3) is 3.40. The molecule has 0 heterocycles. The molecule has 0 aliphatic rings. The number of nitrogens with zero attached hydrogens (tertiary/aromatic N) is 1. The lowest BCUT2D eigenvalue weighted by molar-refractivity contribution is 0.589. The Bertz CT molecular complexity index is 325. The van der Waals surface area contributed by atoms with Gasteiger partial charge in [0.2, 0.25) is 0 Å². The average Bonchev–Trinajstić information content (AvgIpc) is 2.21. The molecule has 2 nitrogen and oxygen atoms in total. The van der Waals surface area contributed by atoms with Crippen LogP contribution in [-0.2, 0) is 0 Å². The molecule has 0 aliphatic heterocycles. The van der Waals surface area contributed by atoms with Crippen molar-refractivity contribution in [1.82, 2.24) is 0 Å². The summed E-state index contributed by atoms with van der Waals surface area (Å²) in [6, 6.07) is 5.96. The first kappa shape index (κ1) is 12.3. The second-order valence-corrected chi connectivity index (χ2v) is 4.59. The zero-order valence-electron chi connectivity index (χ0n) is 9.63. The zero-order valence-corrected chi connectivity index (χ0v) is 10.4. The second kappa shape index (κ2) is 5.38. The van der Waals surface area contributed by atoms with E-state index >= 15 is 0 Å². The van der Waals surface area contributed by atoms with Gasteiger partial charge in [-0.1, -0.05) is 24.6 Å². The highest BCUT2D eigenvalue weighted by Crippen LogP contribution is 2.23. The summed E-state index contributed by atoms with van der Waals surface area (Å²) < 4.78 is 0. The van der Waals surface area contributed by atoms with Gasteiger partial charge >= 0.3 is 0 Å². The standard InChI is InChI=1S/C12H19ClN2/c1-9(7-14)8-15(3)12-6-11(13)5-4-10(12)2/h4-6,9H,7-8,14H2,1-3H3. The molecule has 0 saturated heterocycles. The zero-order chi connectivity index (χ0) is 11.4. The Kier molecular flexibility index (Phi) is 4.43. The quantitative estimate of drug-likeness (QED) is 0.856. The number of rotatable bonds is 4. The molecule has 0 fully saturated rings. The first-order valence-corrected chi connectivity index (χ1v) is 5.59. The van der Waals surface area contributed by atoms with Crippen molar-refractivity contribution >= 4 is 17.3 Å². The third-order valence-electron chi connectivity index (χ3n) is 2.57. The van der Waals surface area contributed by atoms with Gasteiger partial charge in [0.05, 0.1) is 0 Å². The fraction of sp³-hybridized carbons (Fsp3) is 0.500. The van der Waals surface area contributed by atoms with E-state index in [4.69, 9.17) is 17.3 Å². The maximum Gasteiger partial charge on any atom is 0.0426 e. The average molecular weight is 227 g/mol. The Hall–Kier alpha value is -0.730. The molecule has 1 aromatic carbocycles. The summed E-state index contributed by atoms with van der Waals surface area (Å²) in [6.45, 7) is 5.91. The summed E-state index contributed by atoms with van der Waals surface area (Å²) in [5.41, 5.74) is 8.04. The molecule has 2 N–H and O–H groups in total. The van der Waals surface area contributed by atoms with Gasteiger partial charge in [-0.05, 0) is 37.1 Å². The number of hydrogen-bond acceptors (Lipinski definition) is 2. The van der Waals surface area contributed by atoms with Gasteiger partial charge in [-0.2, -0.15) is 0 Å². The Balaban J connectivity index is 2.80. The summed E-state index contributed by atoms with van der Waals surface area (Å²) >= 11 is 5.98. The molecule has 0 spiro atoms. The maximum atomic E-state index is 5.98. The summed E-state index contributed by atoms with van der Waals surface area (Å²) in [4.78, 5) is 2.21. The van der Waals surface area contributed by atoms with Crippen LogP contribution in [0.25, 0.3) is 0 Å². The number of benzene rings is 1. The van der Waals surface area contributed by atoms with E-state index in [9.17, 15) is 0 Å². The van der Waals surface area contributed by atoms with Crippen molar-refractivity contribution in [3.05, 3.63) is 28.8 Å². The van der Waals surface area contributed by atoms with Crippen LogP contribution in [0.5, 0.6) is 0 Å². The van der Waals surface area contributed by atoms with Crippen LogP contribution in [-0.4, -0.2) is 20.1 Å². The van der Waals surface area contributed by atoms with Crippen LogP contribution in [0.2, 0.25) is 5.02 Å². The molecule has 1 aromatic rings. The normalized spacial score (nSPS) is 12.6. The predicted octanol–water partition coefficient (Wildman–Crippen LogP) is 2.68. The Labute approximate surface area is 97.0 Å². The van der Waals surface area contributed by atoms with E-state index in [1.165, 1.54) is 11.3 Å². The number of aryl methyl sites for hydroxylation is 1. The fourth-order valence-electron chi connectivity index (χ4n) is 1.63. The fourth-order valence-corrected chi connectivity index (χ4v) is 1.80. The molecule has 0 saturated carbocycles. The second-order valence-electron chi connectivity index (χ2n) is 4.15. The van der Waals surface area contributed by atoms with Gasteiger partial charge in [0, 0.05) is 24.3 Å². The molecule has 84 valence electrons. The molecule has 0 bridgehead atoms. The van der Waals surface area contributed by atoms with Crippen LogP contribution in [0, 0.1) is 12.8 Å². The van der Waals surface area contributed by atoms with E-state index in [0.29, 0.717) is 12.5 Å². The van der Waals surface area contributed by atoms with Crippen LogP contribution in [0.1, 0.15) is 12.5 Å². The minimum atomic E-state index is 0.494. The summed E-state index contributed by atoms with van der Waals surface area (Å²) in [5.74, 6) is 0.494. The number of nitrogens with two attached hydrogens (primary N) is 1. The van der Waals surface area contributed by atoms with E-state index in [2.05, 4.69) is 25.8 Å². The van der Waals surface area contributed by atoms with Crippen LogP contribution in [0.4, 0.5) is 5.69 Å². The van der Waals surface area contributed by atoms with Crippen molar-refractivity contribution in [2.24, 2.45) is 11.7 Å². The van der Waals surface area contributed by atoms with Crippen LogP contribution < -0.4 is 10.6 Å². The molecule has 1 unspecified atom stereocenters. The smallest absolute Gasteiger partial charge is 0.0426 e. The van der Waals surface area contributed by atoms with Gasteiger partial charge in [0.1, 0.15) is 0 Å². The Morgan fingerprint density at radius 2 is 2.13 bits per heavy atom. The number of hydrogen-bond donors (Lipinski definition) is 1. The van der Waals surface area contributed by atoms with Crippen molar-refractivity contribution in [3.8, 4) is 0 Å². The van der Waals surface area contributed by atoms with Crippen molar-refractivity contribution < 1.29 is 0 Å². The van der Waals surface area contributed by atoms with Crippen molar-refractivity contribution in [2.45, 2.75) is 13.8 Å². The van der Waals surface area contributed by atoms with Gasteiger partial charge < -0.3 is 10.6 Å². The van der Waals surface area contributed by atoms with Crippen LogP contribution in [0.3, 0.4) is 0 Å². The minimum absolute atomic E-state index is 0.494. The Morgan fingerprint density at radius 1 is 1.47 bits per heavy atom. The molecule has 15 heavy (non-hydrogen) atoms. The highest BCUT2D eigenvalue weighted by molar-refractivity contribution is 6.30. The molecule has 1 atom stereocenters. The SMILES string of the molecule is Cc1ccc(Cl)cc1N(C)CC(C)CN. The molecule has 3 heteroatoms. The number of anilines is 1. The molecule has 0 radical (unpaired) electrons. The summed E-state index contributed by atoms with van der Waals surface area (Å²) in [7, 11) is 2.07. The van der Waals surface area contributed by atoms with Gasteiger partial charge in [-0.25, -0.2) is 0 Å². The van der Waals surface area contributed by atoms with Gasteiger partial charge in [0.25, 0.3) is 0 Å². The summed E-state index contributed by atoms with van der Waals surface area (Å²) in [5, 5.41) is 0.780. The highest BCUT2D eigenvalue weighted by Gasteiger charge is 2.08. The predicted molar refractivity (Wildman–Crippen MR) is 67.7 cm³/mol. The van der Waals surface area contributed by atoms with Crippen molar-refractivity contribution in [2.75, 3.05) is 25.0 Å². The van der Waals surface area contributed by atoms with E-state index in [1.807, 2.05) is 18.2 Å². The van der Waals surface area contributed by atoms with Gasteiger partial charge in [-0.3, -0.25) is 0 Å². The Morgan fingerprint density at radius 3 is 2.73 bits per heavy atom. The van der Waals surface area contributed by atoms with E-state index in [1.54, 1.807) is 0 Å². The molecule has 0 amide bonds. The van der Waals surface area contributed by atoms with Gasteiger partial charge in [0.15, 0.2) is 0 Å². The third-order valence-corrected chi connectivity index (χ3v) is 2.81. The lowest BCUT2D eigenvalue weighted by Gasteiger charge is -2.24. The summed E-state index contributed by atoms with van der Waals surface area (Å²) in [6.07, 6.45) is 0. The van der Waals surface area contributed by atoms with E-state index in [-0.39, 0.29) is 0 Å². The molecule has 0 aliphatic carbocycles. The van der Waals surface area contributed by atoms with E-state index < -0.39 is 0 Å². The minimum Gasteiger partial charge on any atom is -0.374 e. The lowest BCUT2D eigenvalue weighted by Crippen LogP contribution is -2.28. The maximum absolute atomic E-state index is 5.98. The van der Waals surface area contributed by atoms with E-state index in [0.717, 1.165) is 11.6 Å². The molecular formula is C12H19ClN2. The molecular weight excluding hydrogens is 208 g/mol. The monoisotopic (exact) mass is 226 g/mol. The molecule has 0 aromatic heterocycles. The topological polar surface area (TPSA) is 29.3 Å². The lowest BCUT2D eigenvalue weighted by atomic mass is 10.1. The largest absolute Gasteiger partial charge is 0.374 e. The first-order valence-electron chi connectivity index (χ1n) is 5.22. The van der Waals surface area contributed by atoms with Crippen molar-refractivity contribution in [1.29, 1.82) is 0 Å². The van der Waals surface area contributed by atoms with Gasteiger partial charge in [-0.15, -0.1) is 0 Å². The van der Waals surface area contributed by atoms with Crippen LogP contribution in [0.15, 0.2) is 18.2 Å². The number of halogens is 1. The highest BCUT2D eigenvalue weighted by atomic mass is 35.5. The van der Waals surface area contributed by atoms with Crippen LogP contribution >= 0.6 is 11.6 Å². The first-order chi connectivity index (χ1) is 7.04. The molecule has 1 rings (SSSR count).